The van der Waals surface area contributed by atoms with Crippen molar-refractivity contribution in [2.75, 3.05) is 24.5 Å². The molecular formula is C25H29N7O2. The molecule has 3 aromatic rings. The van der Waals surface area contributed by atoms with Gasteiger partial charge in [0, 0.05) is 44.3 Å². The van der Waals surface area contributed by atoms with E-state index in [0.29, 0.717) is 31.2 Å². The fourth-order valence-corrected chi connectivity index (χ4v) is 4.56. The third-order valence-electron chi connectivity index (χ3n) is 6.28. The number of ether oxygens (including phenoxy) is 1. The van der Waals surface area contributed by atoms with E-state index in [9.17, 15) is 4.79 Å². The number of nitrogens with zero attached hydrogens (tertiary/aromatic N) is 7. The maximum atomic E-state index is 12.6. The lowest BCUT2D eigenvalue weighted by Crippen LogP contribution is -2.54. The first kappa shape index (κ1) is 22.1. The third-order valence-corrected chi connectivity index (χ3v) is 6.28. The molecular weight excluding hydrogens is 430 g/mol. The average molecular weight is 460 g/mol. The molecule has 0 radical (unpaired) electrons. The summed E-state index contributed by atoms with van der Waals surface area (Å²) in [6.45, 7) is 16.9. The SMILES string of the molecule is [C-]#[N+]c1cncc(-n2cc(C3CC3)c3c(N4CCN(C(=O)OC(C)(C)C)C[C@@H]4C)ncnc32)c1. The van der Waals surface area contributed by atoms with Crippen LogP contribution in [0.1, 0.15) is 52.0 Å². The first-order chi connectivity index (χ1) is 16.2. The van der Waals surface area contributed by atoms with Crippen LogP contribution in [0, 0.1) is 6.57 Å². The molecule has 176 valence electrons. The van der Waals surface area contributed by atoms with Crippen molar-refractivity contribution in [1.82, 2.24) is 24.4 Å². The van der Waals surface area contributed by atoms with Gasteiger partial charge in [-0.3, -0.25) is 4.98 Å². The van der Waals surface area contributed by atoms with E-state index in [-0.39, 0.29) is 12.1 Å². The van der Waals surface area contributed by atoms with E-state index in [2.05, 4.69) is 32.8 Å². The van der Waals surface area contributed by atoms with Crippen molar-refractivity contribution in [2.45, 2.75) is 58.1 Å². The van der Waals surface area contributed by atoms with Crippen molar-refractivity contribution in [1.29, 1.82) is 0 Å². The number of carbonyl (C=O) groups is 1. The van der Waals surface area contributed by atoms with Crippen molar-refractivity contribution < 1.29 is 9.53 Å². The minimum Gasteiger partial charge on any atom is -0.444 e. The van der Waals surface area contributed by atoms with Crippen LogP contribution in [0.2, 0.25) is 0 Å². The number of fused-ring (bicyclic) bond motifs is 1. The summed E-state index contributed by atoms with van der Waals surface area (Å²) in [5, 5.41) is 1.05. The quantitative estimate of drug-likeness (QED) is 0.529. The Morgan fingerprint density at radius 1 is 1.21 bits per heavy atom. The van der Waals surface area contributed by atoms with Crippen LogP contribution in [-0.4, -0.2) is 61.8 Å². The molecule has 1 atom stereocenters. The highest BCUT2D eigenvalue weighted by atomic mass is 16.6. The van der Waals surface area contributed by atoms with Gasteiger partial charge in [-0.1, -0.05) is 0 Å². The minimum absolute atomic E-state index is 0.0712. The summed E-state index contributed by atoms with van der Waals surface area (Å²) in [4.78, 5) is 33.8. The Bertz CT molecular complexity index is 1280. The summed E-state index contributed by atoms with van der Waals surface area (Å²) in [6, 6.07) is 1.90. The van der Waals surface area contributed by atoms with Crippen LogP contribution in [0.15, 0.2) is 31.0 Å². The molecule has 9 heteroatoms. The van der Waals surface area contributed by atoms with Gasteiger partial charge in [0.05, 0.1) is 17.6 Å². The standard InChI is InChI=1S/C25H29N7O2/c1-16-13-30(24(33)34-25(2,3)4)8-9-31(16)22-21-20(17-6-7-17)14-32(23(21)29-15-28-22)19-10-18(26-5)11-27-12-19/h10-12,14-17H,6-9,13H2,1-4H3/t16-/m0/s1. The number of piperazine rings is 1. The second kappa shape index (κ2) is 8.28. The van der Waals surface area contributed by atoms with E-state index in [4.69, 9.17) is 16.3 Å². The number of hydrogen-bond donors (Lipinski definition) is 0. The highest BCUT2D eigenvalue weighted by molar-refractivity contribution is 5.93. The molecule has 34 heavy (non-hydrogen) atoms. The predicted molar refractivity (Wildman–Crippen MR) is 130 cm³/mol. The average Bonchev–Trinajstić information content (AvgIpc) is 3.57. The van der Waals surface area contributed by atoms with Gasteiger partial charge in [-0.05, 0) is 58.1 Å². The molecule has 0 aromatic carbocycles. The van der Waals surface area contributed by atoms with Crippen LogP contribution < -0.4 is 4.90 Å². The Morgan fingerprint density at radius 2 is 2.00 bits per heavy atom. The molecule has 2 fully saturated rings. The molecule has 1 aliphatic heterocycles. The van der Waals surface area contributed by atoms with Crippen molar-refractivity contribution in [3.8, 4) is 5.69 Å². The van der Waals surface area contributed by atoms with E-state index < -0.39 is 5.60 Å². The van der Waals surface area contributed by atoms with E-state index in [1.165, 1.54) is 5.56 Å². The highest BCUT2D eigenvalue weighted by Gasteiger charge is 2.34. The molecule has 9 nitrogen and oxygen atoms in total. The number of hydrogen-bond acceptors (Lipinski definition) is 6. The predicted octanol–water partition coefficient (Wildman–Crippen LogP) is 4.69. The summed E-state index contributed by atoms with van der Waals surface area (Å²) in [6.07, 6.45) is 9.08. The lowest BCUT2D eigenvalue weighted by Gasteiger charge is -2.41. The van der Waals surface area contributed by atoms with Crippen molar-refractivity contribution in [3.05, 3.63) is 48.0 Å². The summed E-state index contributed by atoms with van der Waals surface area (Å²) >= 11 is 0. The highest BCUT2D eigenvalue weighted by Crippen LogP contribution is 2.46. The van der Waals surface area contributed by atoms with Crippen LogP contribution >= 0.6 is 0 Å². The Hall–Kier alpha value is -3.67. The summed E-state index contributed by atoms with van der Waals surface area (Å²) in [5.41, 5.74) is 2.85. The molecule has 0 bridgehead atoms. The molecule has 1 aliphatic carbocycles. The van der Waals surface area contributed by atoms with E-state index in [0.717, 1.165) is 35.4 Å². The molecule has 0 unspecified atom stereocenters. The number of carbonyl (C=O) groups excluding carboxylic acids is 1. The Morgan fingerprint density at radius 3 is 2.68 bits per heavy atom. The van der Waals surface area contributed by atoms with Crippen LogP contribution in [0.3, 0.4) is 0 Å². The Labute approximate surface area is 199 Å². The lowest BCUT2D eigenvalue weighted by molar-refractivity contribution is 0.0218. The number of amides is 1. The number of aromatic nitrogens is 4. The molecule has 5 rings (SSSR count). The van der Waals surface area contributed by atoms with Gasteiger partial charge in [0.1, 0.15) is 23.4 Å². The minimum atomic E-state index is -0.516. The van der Waals surface area contributed by atoms with Crippen molar-refractivity contribution in [2.24, 2.45) is 0 Å². The zero-order valence-electron chi connectivity index (χ0n) is 20.0. The second-order valence-electron chi connectivity index (χ2n) is 10.1. The fourth-order valence-electron chi connectivity index (χ4n) is 4.56. The lowest BCUT2D eigenvalue weighted by atomic mass is 10.1. The number of pyridine rings is 1. The molecule has 2 aliphatic rings. The molecule has 1 saturated heterocycles. The zero-order valence-corrected chi connectivity index (χ0v) is 20.0. The van der Waals surface area contributed by atoms with Gasteiger partial charge < -0.3 is 19.1 Å². The van der Waals surface area contributed by atoms with E-state index in [1.807, 2.05) is 31.4 Å². The van der Waals surface area contributed by atoms with Crippen LogP contribution in [0.4, 0.5) is 16.3 Å². The fraction of sp³-hybridized carbons (Fsp3) is 0.480. The van der Waals surface area contributed by atoms with Crippen molar-refractivity contribution >= 4 is 28.6 Å². The third kappa shape index (κ3) is 4.16. The van der Waals surface area contributed by atoms with Crippen LogP contribution in [0.5, 0.6) is 0 Å². The monoisotopic (exact) mass is 459 g/mol. The first-order valence-corrected chi connectivity index (χ1v) is 11.7. The number of rotatable bonds is 3. The summed E-state index contributed by atoms with van der Waals surface area (Å²) < 4.78 is 7.60. The maximum Gasteiger partial charge on any atom is 0.410 e. The van der Waals surface area contributed by atoms with E-state index >= 15 is 0 Å². The zero-order chi connectivity index (χ0) is 24.0. The molecule has 0 N–H and O–H groups in total. The largest absolute Gasteiger partial charge is 0.444 e. The molecule has 0 spiro atoms. The summed E-state index contributed by atoms with van der Waals surface area (Å²) in [7, 11) is 0. The van der Waals surface area contributed by atoms with Gasteiger partial charge >= 0.3 is 6.09 Å². The molecule has 1 saturated carbocycles. The summed E-state index contributed by atoms with van der Waals surface area (Å²) in [5.74, 6) is 1.39. The normalized spacial score (nSPS) is 18.7. The van der Waals surface area contributed by atoms with Gasteiger partial charge in [-0.25, -0.2) is 19.6 Å². The van der Waals surface area contributed by atoms with E-state index in [1.54, 1.807) is 23.6 Å². The van der Waals surface area contributed by atoms with Crippen LogP contribution in [-0.2, 0) is 4.74 Å². The van der Waals surface area contributed by atoms with Crippen LogP contribution in [0.25, 0.3) is 21.6 Å². The van der Waals surface area contributed by atoms with Gasteiger partial charge in [-0.15, -0.1) is 0 Å². The number of anilines is 1. The van der Waals surface area contributed by atoms with Gasteiger partial charge in [-0.2, -0.15) is 0 Å². The van der Waals surface area contributed by atoms with Gasteiger partial charge in [0.2, 0.25) is 5.69 Å². The Kier molecular flexibility index (Phi) is 5.39. The Balaban J connectivity index is 1.51. The first-order valence-electron chi connectivity index (χ1n) is 11.7. The van der Waals surface area contributed by atoms with Gasteiger partial charge in [0.15, 0.2) is 0 Å². The van der Waals surface area contributed by atoms with Crippen molar-refractivity contribution in [3.63, 3.8) is 0 Å². The maximum absolute atomic E-state index is 12.6. The van der Waals surface area contributed by atoms with Gasteiger partial charge in [0.25, 0.3) is 0 Å². The smallest absolute Gasteiger partial charge is 0.410 e. The molecule has 4 heterocycles. The topological polar surface area (TPSA) is 80.7 Å². The molecule has 1 amide bonds. The second-order valence-corrected chi connectivity index (χ2v) is 10.1. The molecule has 3 aromatic heterocycles.